The number of hydrogen-bond donors (Lipinski definition) is 3. The van der Waals surface area contributed by atoms with E-state index in [1.165, 1.54) is 0 Å². The molecule has 1 atom stereocenters. The van der Waals surface area contributed by atoms with Gasteiger partial charge in [-0.25, -0.2) is 4.79 Å². The van der Waals surface area contributed by atoms with Gasteiger partial charge >= 0.3 is 5.97 Å². The van der Waals surface area contributed by atoms with Gasteiger partial charge in [-0.15, -0.1) is 0 Å². The van der Waals surface area contributed by atoms with Crippen LogP contribution in [0.5, 0.6) is 0 Å². The molecule has 0 saturated carbocycles. The second kappa shape index (κ2) is 7.40. The van der Waals surface area contributed by atoms with Crippen LogP contribution in [0.4, 0.5) is 5.69 Å². The molecular formula is C16H16N2O2S. The summed E-state index contributed by atoms with van der Waals surface area (Å²) in [5.41, 5.74) is 1.76. The van der Waals surface area contributed by atoms with Crippen molar-refractivity contribution in [1.29, 1.82) is 0 Å². The summed E-state index contributed by atoms with van der Waals surface area (Å²) in [6.45, 7) is 0. The van der Waals surface area contributed by atoms with Crippen molar-refractivity contribution in [3.8, 4) is 0 Å². The van der Waals surface area contributed by atoms with Crippen molar-refractivity contribution < 1.29 is 9.90 Å². The van der Waals surface area contributed by atoms with Crippen molar-refractivity contribution in [1.82, 2.24) is 5.32 Å². The Bertz CT molecular complexity index is 602. The summed E-state index contributed by atoms with van der Waals surface area (Å²) in [6, 6.07) is 18.1. The van der Waals surface area contributed by atoms with Gasteiger partial charge in [-0.1, -0.05) is 48.5 Å². The number of carboxylic acid groups (broad SMARTS) is 1. The van der Waals surface area contributed by atoms with Crippen LogP contribution in [0.15, 0.2) is 60.7 Å². The Kier molecular flexibility index (Phi) is 5.29. The minimum atomic E-state index is -0.934. The van der Waals surface area contributed by atoms with Crippen LogP contribution in [0.3, 0.4) is 0 Å². The Morgan fingerprint density at radius 1 is 1.05 bits per heavy atom. The number of rotatable bonds is 5. The molecule has 0 aliphatic carbocycles. The number of carbonyl (C=O) groups is 1. The van der Waals surface area contributed by atoms with Crippen molar-refractivity contribution in [2.24, 2.45) is 0 Å². The second-order valence-corrected chi connectivity index (χ2v) is 4.95. The molecule has 0 spiro atoms. The van der Waals surface area contributed by atoms with Crippen molar-refractivity contribution in [2.45, 2.75) is 12.5 Å². The van der Waals surface area contributed by atoms with Crippen LogP contribution < -0.4 is 10.6 Å². The van der Waals surface area contributed by atoms with Gasteiger partial charge in [0.1, 0.15) is 6.04 Å². The van der Waals surface area contributed by atoms with Gasteiger partial charge in [0.25, 0.3) is 0 Å². The topological polar surface area (TPSA) is 61.4 Å². The normalized spacial score (nSPS) is 11.4. The standard InChI is InChI=1S/C16H16N2O2S/c19-15(20)14(11-12-7-3-1-4-8-12)18-16(21)17-13-9-5-2-6-10-13/h1-10,14H,11H2,(H,19,20)(H2,17,18,21)/t14-/m0/s1. The van der Waals surface area contributed by atoms with Gasteiger partial charge in [0.2, 0.25) is 0 Å². The van der Waals surface area contributed by atoms with E-state index in [9.17, 15) is 9.90 Å². The highest BCUT2D eigenvalue weighted by molar-refractivity contribution is 7.80. The molecule has 0 fully saturated rings. The zero-order valence-electron chi connectivity index (χ0n) is 11.3. The lowest BCUT2D eigenvalue weighted by Gasteiger charge is -2.17. The molecule has 4 nitrogen and oxygen atoms in total. The Balaban J connectivity index is 1.96. The molecule has 0 heterocycles. The van der Waals surface area contributed by atoms with E-state index in [0.717, 1.165) is 11.3 Å². The summed E-state index contributed by atoms with van der Waals surface area (Å²) in [5, 5.41) is 15.4. The van der Waals surface area contributed by atoms with Gasteiger partial charge in [-0.2, -0.15) is 0 Å². The maximum absolute atomic E-state index is 11.3. The first-order chi connectivity index (χ1) is 10.1. The van der Waals surface area contributed by atoms with Crippen LogP contribution >= 0.6 is 12.2 Å². The molecule has 0 aromatic heterocycles. The van der Waals surface area contributed by atoms with E-state index < -0.39 is 12.0 Å². The second-order valence-electron chi connectivity index (χ2n) is 4.55. The number of thiocarbonyl (C=S) groups is 1. The summed E-state index contributed by atoms with van der Waals surface area (Å²) < 4.78 is 0. The monoisotopic (exact) mass is 300 g/mol. The highest BCUT2D eigenvalue weighted by atomic mass is 32.1. The highest BCUT2D eigenvalue weighted by Gasteiger charge is 2.18. The van der Waals surface area contributed by atoms with Gasteiger partial charge < -0.3 is 15.7 Å². The average Bonchev–Trinajstić information content (AvgIpc) is 2.48. The summed E-state index contributed by atoms with van der Waals surface area (Å²) in [5.74, 6) is -0.934. The molecule has 0 saturated heterocycles. The average molecular weight is 300 g/mol. The van der Waals surface area contributed by atoms with Crippen molar-refractivity contribution in [2.75, 3.05) is 5.32 Å². The Morgan fingerprint density at radius 3 is 2.19 bits per heavy atom. The number of anilines is 1. The van der Waals surface area contributed by atoms with Gasteiger partial charge in [0.05, 0.1) is 0 Å². The van der Waals surface area contributed by atoms with Crippen molar-refractivity contribution in [3.05, 3.63) is 66.2 Å². The van der Waals surface area contributed by atoms with Crippen molar-refractivity contribution in [3.63, 3.8) is 0 Å². The molecule has 0 bridgehead atoms. The van der Waals surface area contributed by atoms with E-state index in [1.807, 2.05) is 60.7 Å². The maximum atomic E-state index is 11.3. The van der Waals surface area contributed by atoms with Crippen LogP contribution in [-0.2, 0) is 11.2 Å². The van der Waals surface area contributed by atoms with Gasteiger partial charge in [-0.3, -0.25) is 0 Å². The lowest BCUT2D eigenvalue weighted by Crippen LogP contribution is -2.44. The first kappa shape index (κ1) is 15.0. The van der Waals surface area contributed by atoms with E-state index >= 15 is 0 Å². The maximum Gasteiger partial charge on any atom is 0.326 e. The van der Waals surface area contributed by atoms with Gasteiger partial charge in [0, 0.05) is 12.1 Å². The predicted octanol–water partition coefficient (Wildman–Crippen LogP) is 2.67. The van der Waals surface area contributed by atoms with E-state index in [4.69, 9.17) is 12.2 Å². The molecule has 3 N–H and O–H groups in total. The fraction of sp³-hybridized carbons (Fsp3) is 0.125. The van der Waals surface area contributed by atoms with E-state index in [-0.39, 0.29) is 0 Å². The fourth-order valence-electron chi connectivity index (χ4n) is 1.90. The molecule has 0 aliphatic rings. The quantitative estimate of drug-likeness (QED) is 0.741. The summed E-state index contributed by atoms with van der Waals surface area (Å²) in [7, 11) is 0. The third-order valence-electron chi connectivity index (χ3n) is 2.92. The van der Waals surface area contributed by atoms with Crippen LogP contribution in [-0.4, -0.2) is 22.2 Å². The van der Waals surface area contributed by atoms with Gasteiger partial charge in [0.15, 0.2) is 5.11 Å². The molecule has 0 amide bonds. The Hall–Kier alpha value is -2.40. The molecule has 0 radical (unpaired) electrons. The Labute approximate surface area is 128 Å². The number of benzene rings is 2. The number of carboxylic acids is 1. The lowest BCUT2D eigenvalue weighted by molar-refractivity contribution is -0.139. The molecule has 5 heteroatoms. The molecule has 108 valence electrons. The third-order valence-corrected chi connectivity index (χ3v) is 3.14. The third kappa shape index (κ3) is 4.89. The van der Waals surface area contributed by atoms with Crippen LogP contribution in [0.2, 0.25) is 0 Å². The van der Waals surface area contributed by atoms with E-state index in [1.54, 1.807) is 0 Å². The molecule has 2 rings (SSSR count). The first-order valence-corrected chi connectivity index (χ1v) is 6.95. The van der Waals surface area contributed by atoms with Gasteiger partial charge in [-0.05, 0) is 29.9 Å². The Morgan fingerprint density at radius 2 is 1.62 bits per heavy atom. The molecule has 2 aromatic carbocycles. The number of para-hydroxylation sites is 1. The molecule has 21 heavy (non-hydrogen) atoms. The molecule has 0 aliphatic heterocycles. The number of nitrogens with one attached hydrogen (secondary N) is 2. The smallest absolute Gasteiger partial charge is 0.326 e. The predicted molar refractivity (Wildman–Crippen MR) is 87.4 cm³/mol. The van der Waals surface area contributed by atoms with Crippen LogP contribution in [0, 0.1) is 0 Å². The fourth-order valence-corrected chi connectivity index (χ4v) is 2.16. The first-order valence-electron chi connectivity index (χ1n) is 6.54. The summed E-state index contributed by atoms with van der Waals surface area (Å²) in [6.07, 6.45) is 0.368. The van der Waals surface area contributed by atoms with Crippen LogP contribution in [0.1, 0.15) is 5.56 Å². The summed E-state index contributed by atoms with van der Waals surface area (Å²) in [4.78, 5) is 11.3. The number of hydrogen-bond acceptors (Lipinski definition) is 2. The largest absolute Gasteiger partial charge is 0.480 e. The molecule has 0 unspecified atom stereocenters. The number of aliphatic carboxylic acids is 1. The van der Waals surface area contributed by atoms with Crippen LogP contribution in [0.25, 0.3) is 0 Å². The zero-order valence-corrected chi connectivity index (χ0v) is 12.1. The SMILES string of the molecule is O=C(O)[C@H](Cc1ccccc1)NC(=S)Nc1ccccc1. The molecular weight excluding hydrogens is 284 g/mol. The summed E-state index contributed by atoms with van der Waals surface area (Å²) >= 11 is 5.16. The van der Waals surface area contributed by atoms with Crippen molar-refractivity contribution >= 4 is 29.0 Å². The molecule has 2 aromatic rings. The zero-order chi connectivity index (χ0) is 15.1. The van der Waals surface area contributed by atoms with E-state index in [2.05, 4.69) is 10.6 Å². The lowest BCUT2D eigenvalue weighted by atomic mass is 10.1. The minimum Gasteiger partial charge on any atom is -0.480 e. The van der Waals surface area contributed by atoms with E-state index in [0.29, 0.717) is 11.5 Å². The minimum absolute atomic E-state index is 0.296. The highest BCUT2D eigenvalue weighted by Crippen LogP contribution is 2.06.